The molecule has 7 heteroatoms. The molecule has 0 aliphatic heterocycles. The summed E-state index contributed by atoms with van der Waals surface area (Å²) in [4.78, 5) is 26.1. The van der Waals surface area contributed by atoms with Crippen molar-refractivity contribution in [2.45, 2.75) is 31.8 Å². The van der Waals surface area contributed by atoms with E-state index in [0.717, 1.165) is 36.1 Å². The number of hydrogen-bond donors (Lipinski definition) is 3. The Morgan fingerprint density at radius 1 is 1.38 bits per heavy atom. The number of carbonyl (C=O) groups is 1. The maximum atomic E-state index is 11.9. The highest BCUT2D eigenvalue weighted by molar-refractivity contribution is 6.42. The molecule has 1 aliphatic carbocycles. The minimum atomic E-state index is -0.721. The molecule has 1 aromatic heterocycles. The largest absolute Gasteiger partial charge is 0.365 e. The summed E-state index contributed by atoms with van der Waals surface area (Å²) in [5, 5.41) is 4.47. The highest BCUT2D eigenvalue weighted by atomic mass is 35.5. The van der Waals surface area contributed by atoms with Gasteiger partial charge in [0.15, 0.2) is 0 Å². The summed E-state index contributed by atoms with van der Waals surface area (Å²) >= 11 is 12.3. The molecule has 3 rings (SSSR count). The van der Waals surface area contributed by atoms with Gasteiger partial charge in [0.2, 0.25) is 0 Å². The quantitative estimate of drug-likeness (QED) is 0.777. The number of nitrogens with one attached hydrogen (secondary N) is 2. The van der Waals surface area contributed by atoms with Gasteiger partial charge in [-0.3, -0.25) is 9.59 Å². The Labute approximate surface area is 149 Å². The number of primary amides is 1. The number of aromatic amines is 1. The number of rotatable bonds is 4. The fourth-order valence-corrected chi connectivity index (χ4v) is 3.44. The summed E-state index contributed by atoms with van der Waals surface area (Å²) in [5.41, 5.74) is 7.50. The molecule has 1 aliphatic rings. The third kappa shape index (κ3) is 3.34. The molecule has 126 valence electrons. The Hall–Kier alpha value is -1.82. The average Bonchev–Trinajstić information content (AvgIpc) is 2.55. The lowest BCUT2D eigenvalue weighted by atomic mass is 9.90. The van der Waals surface area contributed by atoms with Crippen LogP contribution in [-0.4, -0.2) is 10.9 Å². The van der Waals surface area contributed by atoms with E-state index in [1.807, 2.05) is 12.1 Å². The molecule has 1 unspecified atom stereocenters. The number of carbonyl (C=O) groups excluding carboxylic acids is 1. The molecular weight excluding hydrogens is 349 g/mol. The zero-order valence-corrected chi connectivity index (χ0v) is 14.4. The number of halogens is 2. The van der Waals surface area contributed by atoms with E-state index in [-0.39, 0.29) is 11.6 Å². The van der Waals surface area contributed by atoms with Gasteiger partial charge in [0, 0.05) is 18.3 Å². The molecule has 1 amide bonds. The van der Waals surface area contributed by atoms with E-state index in [1.165, 1.54) is 0 Å². The van der Waals surface area contributed by atoms with E-state index in [2.05, 4.69) is 10.3 Å². The van der Waals surface area contributed by atoms with Crippen LogP contribution in [0.4, 0.5) is 0 Å². The Morgan fingerprint density at radius 2 is 2.17 bits per heavy atom. The predicted molar refractivity (Wildman–Crippen MR) is 94.6 cm³/mol. The predicted octanol–water partition coefficient (Wildman–Crippen LogP) is 2.95. The highest BCUT2D eigenvalue weighted by Crippen LogP contribution is 2.30. The normalized spacial score (nSPS) is 16.7. The number of aryl methyl sites for hydroxylation is 1. The molecule has 0 saturated heterocycles. The number of nitrogens with two attached hydrogens (primary N) is 1. The van der Waals surface area contributed by atoms with Crippen LogP contribution in [0.3, 0.4) is 0 Å². The molecule has 2 aromatic rings. The van der Waals surface area contributed by atoms with Crippen LogP contribution in [0.1, 0.15) is 46.1 Å². The molecule has 4 N–H and O–H groups in total. The van der Waals surface area contributed by atoms with Crippen LogP contribution in [0.25, 0.3) is 0 Å². The van der Waals surface area contributed by atoms with Crippen LogP contribution < -0.4 is 16.6 Å². The number of amides is 1. The second-order valence-corrected chi connectivity index (χ2v) is 6.63. The third-order valence-electron chi connectivity index (χ3n) is 4.29. The van der Waals surface area contributed by atoms with Gasteiger partial charge in [-0.1, -0.05) is 35.3 Å². The Morgan fingerprint density at radius 3 is 2.92 bits per heavy atom. The average molecular weight is 366 g/mol. The molecule has 0 spiro atoms. The van der Waals surface area contributed by atoms with Gasteiger partial charge in [-0.15, -0.1) is 0 Å². The second kappa shape index (κ2) is 6.97. The molecule has 0 bridgehead atoms. The first kappa shape index (κ1) is 17.0. The monoisotopic (exact) mass is 365 g/mol. The number of H-pyrrole nitrogens is 1. The van der Waals surface area contributed by atoms with Crippen molar-refractivity contribution >= 4 is 29.1 Å². The Kier molecular flexibility index (Phi) is 4.94. The van der Waals surface area contributed by atoms with Crippen molar-refractivity contribution in [3.8, 4) is 0 Å². The van der Waals surface area contributed by atoms with E-state index in [0.29, 0.717) is 16.6 Å². The number of pyridine rings is 1. The number of hydrogen-bond acceptors (Lipinski definition) is 3. The van der Waals surface area contributed by atoms with E-state index < -0.39 is 11.5 Å². The van der Waals surface area contributed by atoms with Crippen molar-refractivity contribution in [2.24, 2.45) is 5.73 Å². The molecule has 5 nitrogen and oxygen atoms in total. The fraction of sp³-hybridized carbons (Fsp3) is 0.294. The number of fused-ring (bicyclic) bond motifs is 1. The maximum Gasteiger partial charge on any atom is 0.261 e. The Bertz CT molecular complexity index is 848. The van der Waals surface area contributed by atoms with Crippen molar-refractivity contribution in [2.75, 3.05) is 0 Å². The van der Waals surface area contributed by atoms with E-state index >= 15 is 0 Å². The van der Waals surface area contributed by atoms with Gasteiger partial charge >= 0.3 is 0 Å². The molecule has 1 aromatic carbocycles. The van der Waals surface area contributed by atoms with Crippen LogP contribution in [0, 0.1) is 0 Å². The maximum absolute atomic E-state index is 11.9. The number of benzene rings is 1. The van der Waals surface area contributed by atoms with Gasteiger partial charge in [0.1, 0.15) is 5.56 Å². The van der Waals surface area contributed by atoms with E-state index in [9.17, 15) is 9.59 Å². The lowest BCUT2D eigenvalue weighted by Gasteiger charge is -2.26. The molecule has 1 heterocycles. The van der Waals surface area contributed by atoms with Gasteiger partial charge in [0.25, 0.3) is 11.5 Å². The van der Waals surface area contributed by atoms with Crippen molar-refractivity contribution < 1.29 is 4.79 Å². The first-order valence-electron chi connectivity index (χ1n) is 7.69. The SMILES string of the molecule is NC(=O)c1cc2c([nH]c1=O)CCCC2NCc1cccc(Cl)c1Cl. The first-order chi connectivity index (χ1) is 11.5. The van der Waals surface area contributed by atoms with Crippen LogP contribution in [-0.2, 0) is 13.0 Å². The molecule has 24 heavy (non-hydrogen) atoms. The molecule has 1 atom stereocenters. The zero-order valence-electron chi connectivity index (χ0n) is 12.9. The summed E-state index contributed by atoms with van der Waals surface area (Å²) in [6, 6.07) is 7.12. The summed E-state index contributed by atoms with van der Waals surface area (Å²) in [7, 11) is 0. The minimum Gasteiger partial charge on any atom is -0.365 e. The molecule has 0 saturated carbocycles. The highest BCUT2D eigenvalue weighted by Gasteiger charge is 2.23. The number of aromatic nitrogens is 1. The topological polar surface area (TPSA) is 88.0 Å². The Balaban J connectivity index is 1.86. The summed E-state index contributed by atoms with van der Waals surface area (Å²) in [5.74, 6) is -0.721. The van der Waals surface area contributed by atoms with Crippen LogP contribution in [0.15, 0.2) is 29.1 Å². The van der Waals surface area contributed by atoms with Crippen LogP contribution in [0.5, 0.6) is 0 Å². The zero-order chi connectivity index (χ0) is 17.3. The van der Waals surface area contributed by atoms with Crippen LogP contribution >= 0.6 is 23.2 Å². The van der Waals surface area contributed by atoms with Crippen molar-refractivity contribution in [1.29, 1.82) is 0 Å². The first-order valence-corrected chi connectivity index (χ1v) is 8.45. The smallest absolute Gasteiger partial charge is 0.261 e. The van der Waals surface area contributed by atoms with Gasteiger partial charge in [-0.2, -0.15) is 0 Å². The van der Waals surface area contributed by atoms with Gasteiger partial charge < -0.3 is 16.0 Å². The fourth-order valence-electron chi connectivity index (χ4n) is 3.05. The summed E-state index contributed by atoms with van der Waals surface area (Å²) < 4.78 is 0. The standard InChI is InChI=1S/C17H17Cl2N3O2/c18-12-4-1-3-9(15(12)19)8-21-13-5-2-6-14-10(13)7-11(16(20)23)17(24)22-14/h1,3-4,7,13,21H,2,5-6,8H2,(H2,20,23)(H,22,24). The van der Waals surface area contributed by atoms with E-state index in [4.69, 9.17) is 28.9 Å². The molecule has 0 radical (unpaired) electrons. The van der Waals surface area contributed by atoms with Crippen molar-refractivity contribution in [3.63, 3.8) is 0 Å². The third-order valence-corrected chi connectivity index (χ3v) is 5.15. The summed E-state index contributed by atoms with van der Waals surface area (Å²) in [6.07, 6.45) is 2.62. The molecular formula is C17H17Cl2N3O2. The van der Waals surface area contributed by atoms with E-state index in [1.54, 1.807) is 12.1 Å². The molecule has 0 fully saturated rings. The minimum absolute atomic E-state index is 0.0109. The van der Waals surface area contributed by atoms with Gasteiger partial charge in [-0.05, 0) is 42.5 Å². The van der Waals surface area contributed by atoms with Crippen molar-refractivity contribution in [1.82, 2.24) is 10.3 Å². The van der Waals surface area contributed by atoms with Gasteiger partial charge in [-0.25, -0.2) is 0 Å². The second-order valence-electron chi connectivity index (χ2n) is 5.85. The van der Waals surface area contributed by atoms with Crippen molar-refractivity contribution in [3.05, 3.63) is 67.0 Å². The lowest BCUT2D eigenvalue weighted by Crippen LogP contribution is -2.31. The lowest BCUT2D eigenvalue weighted by molar-refractivity contribution is 0.0998. The van der Waals surface area contributed by atoms with Crippen LogP contribution in [0.2, 0.25) is 10.0 Å². The van der Waals surface area contributed by atoms with Gasteiger partial charge in [0.05, 0.1) is 10.0 Å². The summed E-state index contributed by atoms with van der Waals surface area (Å²) in [6.45, 7) is 0.536.